The third-order valence-corrected chi connectivity index (χ3v) is 6.49. The number of aryl methyl sites for hydroxylation is 1. The lowest BCUT2D eigenvalue weighted by molar-refractivity contribution is -0.140. The molecule has 9 heteroatoms. The summed E-state index contributed by atoms with van der Waals surface area (Å²) < 4.78 is 39.8. The Labute approximate surface area is 202 Å². The maximum Gasteiger partial charge on any atom is 0.242 e. The Morgan fingerprint density at radius 2 is 1.74 bits per heavy atom. The van der Waals surface area contributed by atoms with Crippen molar-refractivity contribution in [2.24, 2.45) is 0 Å². The van der Waals surface area contributed by atoms with Crippen LogP contribution < -0.4 is 9.62 Å². The maximum atomic E-state index is 14.2. The van der Waals surface area contributed by atoms with Crippen LogP contribution in [0.2, 0.25) is 0 Å². The molecule has 2 amide bonds. The molecule has 1 atom stereocenters. The molecular formula is C25H34FN3O4S. The zero-order chi connectivity index (χ0) is 25.5. The molecule has 0 saturated carbocycles. The Balaban J connectivity index is 2.18. The number of sulfonamides is 1. The number of halogens is 1. The predicted octanol–water partition coefficient (Wildman–Crippen LogP) is 3.62. The molecule has 0 spiro atoms. The van der Waals surface area contributed by atoms with Crippen molar-refractivity contribution < 1.29 is 22.4 Å². The molecule has 0 aliphatic rings. The molecule has 0 fully saturated rings. The summed E-state index contributed by atoms with van der Waals surface area (Å²) in [5.41, 5.74) is 1.87. The molecule has 186 valence electrons. The summed E-state index contributed by atoms with van der Waals surface area (Å²) in [4.78, 5) is 27.4. The second-order valence-electron chi connectivity index (χ2n) is 8.74. The van der Waals surface area contributed by atoms with Crippen LogP contribution in [-0.2, 0) is 26.2 Å². The number of carbonyl (C=O) groups excluding carboxylic acids is 2. The fourth-order valence-corrected chi connectivity index (χ4v) is 4.60. The lowest BCUT2D eigenvalue weighted by Crippen LogP contribution is -2.49. The number of para-hydroxylation sites is 1. The van der Waals surface area contributed by atoms with Crippen LogP contribution in [0, 0.1) is 12.7 Å². The van der Waals surface area contributed by atoms with E-state index in [1.54, 1.807) is 13.0 Å². The molecule has 0 bridgehead atoms. The van der Waals surface area contributed by atoms with E-state index in [9.17, 15) is 22.4 Å². The Morgan fingerprint density at radius 3 is 2.32 bits per heavy atom. The molecule has 0 heterocycles. The number of anilines is 1. The maximum absolute atomic E-state index is 14.2. The summed E-state index contributed by atoms with van der Waals surface area (Å²) in [5, 5.41) is 2.83. The minimum absolute atomic E-state index is 0.00554. The van der Waals surface area contributed by atoms with Crippen molar-refractivity contribution >= 4 is 27.5 Å². The number of carbonyl (C=O) groups is 2. The van der Waals surface area contributed by atoms with Crippen LogP contribution in [0.3, 0.4) is 0 Å². The normalized spacial score (nSPS) is 12.3. The first kappa shape index (κ1) is 27.3. The van der Waals surface area contributed by atoms with E-state index in [0.29, 0.717) is 0 Å². The van der Waals surface area contributed by atoms with Gasteiger partial charge in [-0.15, -0.1) is 0 Å². The van der Waals surface area contributed by atoms with Crippen molar-refractivity contribution in [1.29, 1.82) is 0 Å². The first-order chi connectivity index (χ1) is 15.9. The molecule has 0 aromatic heterocycles. The highest BCUT2D eigenvalue weighted by atomic mass is 32.2. The highest BCUT2D eigenvalue weighted by Gasteiger charge is 2.27. The van der Waals surface area contributed by atoms with Gasteiger partial charge >= 0.3 is 0 Å². The quantitative estimate of drug-likeness (QED) is 0.520. The van der Waals surface area contributed by atoms with Gasteiger partial charge in [-0.25, -0.2) is 12.8 Å². The molecule has 0 saturated heterocycles. The number of hydrogen-bond donors (Lipinski definition) is 1. The van der Waals surface area contributed by atoms with E-state index in [1.165, 1.54) is 23.1 Å². The Hall–Kier alpha value is -2.94. The van der Waals surface area contributed by atoms with Crippen molar-refractivity contribution in [3.05, 3.63) is 65.5 Å². The molecule has 0 radical (unpaired) electrons. The van der Waals surface area contributed by atoms with E-state index < -0.39 is 21.9 Å². The fraction of sp³-hybridized carbons (Fsp3) is 0.440. The number of nitrogens with zero attached hydrogens (tertiary/aromatic N) is 2. The lowest BCUT2D eigenvalue weighted by atomic mass is 10.1. The molecule has 2 rings (SSSR count). The standard InChI is InChI=1S/C25H34FN3O4S/c1-18(2)27-25(31)20(4)28(17-21-11-8-10-19(3)16-21)24(30)14-9-15-29(34(5,32)33)23-13-7-6-12-22(23)26/h6-8,10-13,16,18,20H,9,14-15,17H2,1-5H3,(H,27,31)/t20-/m0/s1. The van der Waals surface area contributed by atoms with Gasteiger partial charge in [0.15, 0.2) is 0 Å². The van der Waals surface area contributed by atoms with Crippen LogP contribution in [-0.4, -0.2) is 50.0 Å². The summed E-state index contributed by atoms with van der Waals surface area (Å²) in [6, 6.07) is 12.5. The van der Waals surface area contributed by atoms with Crippen LogP contribution in [0.1, 0.15) is 44.7 Å². The van der Waals surface area contributed by atoms with Gasteiger partial charge in [-0.1, -0.05) is 42.0 Å². The third kappa shape index (κ3) is 7.83. The van der Waals surface area contributed by atoms with Gasteiger partial charge in [0.25, 0.3) is 0 Å². The first-order valence-electron chi connectivity index (χ1n) is 11.3. The van der Waals surface area contributed by atoms with Crippen molar-refractivity contribution in [3.63, 3.8) is 0 Å². The number of nitrogens with one attached hydrogen (secondary N) is 1. The topological polar surface area (TPSA) is 86.8 Å². The van der Waals surface area contributed by atoms with Crippen LogP contribution in [0.4, 0.5) is 10.1 Å². The Kier molecular flexibility index (Phi) is 9.61. The van der Waals surface area contributed by atoms with Gasteiger partial charge < -0.3 is 10.2 Å². The van der Waals surface area contributed by atoms with Crippen LogP contribution in [0.25, 0.3) is 0 Å². The van der Waals surface area contributed by atoms with Crippen LogP contribution >= 0.6 is 0 Å². The van der Waals surface area contributed by atoms with Gasteiger partial charge in [0, 0.05) is 25.6 Å². The molecule has 2 aromatic rings. The number of hydrogen-bond acceptors (Lipinski definition) is 4. The second kappa shape index (κ2) is 12.0. The summed E-state index contributed by atoms with van der Waals surface area (Å²) in [6.45, 7) is 7.51. The summed E-state index contributed by atoms with van der Waals surface area (Å²) in [6.07, 6.45) is 1.18. The van der Waals surface area contributed by atoms with Gasteiger partial charge in [0.2, 0.25) is 21.8 Å². The number of rotatable bonds is 11. The SMILES string of the molecule is Cc1cccc(CN(C(=O)CCCN(c2ccccc2F)S(C)(=O)=O)[C@@H](C)C(=O)NC(C)C)c1. The lowest BCUT2D eigenvalue weighted by Gasteiger charge is -2.30. The van der Waals surface area contributed by atoms with Crippen LogP contribution in [0.15, 0.2) is 48.5 Å². The minimum Gasteiger partial charge on any atom is -0.352 e. The van der Waals surface area contributed by atoms with E-state index in [2.05, 4.69) is 5.32 Å². The van der Waals surface area contributed by atoms with E-state index in [1.807, 2.05) is 45.0 Å². The summed E-state index contributed by atoms with van der Waals surface area (Å²) in [7, 11) is -3.75. The predicted molar refractivity (Wildman–Crippen MR) is 132 cm³/mol. The second-order valence-corrected chi connectivity index (χ2v) is 10.6. The molecule has 7 nitrogen and oxygen atoms in total. The van der Waals surface area contributed by atoms with E-state index >= 15 is 0 Å². The molecule has 0 aliphatic heterocycles. The van der Waals surface area contributed by atoms with Gasteiger partial charge in [-0.2, -0.15) is 0 Å². The molecule has 0 aliphatic carbocycles. The van der Waals surface area contributed by atoms with Crippen molar-refractivity contribution in [3.8, 4) is 0 Å². The van der Waals surface area contributed by atoms with Gasteiger partial charge in [0.1, 0.15) is 11.9 Å². The van der Waals surface area contributed by atoms with Gasteiger partial charge in [-0.05, 0) is 51.8 Å². The number of amides is 2. The number of benzene rings is 2. The molecule has 1 N–H and O–H groups in total. The minimum atomic E-state index is -3.75. The average Bonchev–Trinajstić information content (AvgIpc) is 2.74. The zero-order valence-corrected chi connectivity index (χ0v) is 21.2. The van der Waals surface area contributed by atoms with E-state index in [4.69, 9.17) is 0 Å². The molecule has 2 aromatic carbocycles. The van der Waals surface area contributed by atoms with Gasteiger partial charge in [0.05, 0.1) is 11.9 Å². The van der Waals surface area contributed by atoms with Crippen molar-refractivity contribution in [1.82, 2.24) is 10.2 Å². The van der Waals surface area contributed by atoms with Gasteiger partial charge in [-0.3, -0.25) is 13.9 Å². The fourth-order valence-electron chi connectivity index (χ4n) is 3.63. The first-order valence-corrected chi connectivity index (χ1v) is 13.1. The molecule has 34 heavy (non-hydrogen) atoms. The van der Waals surface area contributed by atoms with Crippen LogP contribution in [0.5, 0.6) is 0 Å². The monoisotopic (exact) mass is 491 g/mol. The smallest absolute Gasteiger partial charge is 0.242 e. The Morgan fingerprint density at radius 1 is 1.06 bits per heavy atom. The highest BCUT2D eigenvalue weighted by molar-refractivity contribution is 7.92. The molecule has 0 unspecified atom stereocenters. The summed E-state index contributed by atoms with van der Waals surface area (Å²) >= 11 is 0. The molecular weight excluding hydrogens is 457 g/mol. The third-order valence-electron chi connectivity index (χ3n) is 5.31. The van der Waals surface area contributed by atoms with Crippen molar-refractivity contribution in [2.45, 2.75) is 59.2 Å². The van der Waals surface area contributed by atoms with E-state index in [-0.39, 0.29) is 49.5 Å². The largest absolute Gasteiger partial charge is 0.352 e. The highest BCUT2D eigenvalue weighted by Crippen LogP contribution is 2.22. The zero-order valence-electron chi connectivity index (χ0n) is 20.4. The summed E-state index contributed by atoms with van der Waals surface area (Å²) in [5.74, 6) is -1.20. The van der Waals surface area contributed by atoms with E-state index in [0.717, 1.165) is 21.7 Å². The Bertz CT molecular complexity index is 1100. The van der Waals surface area contributed by atoms with Crippen molar-refractivity contribution in [2.75, 3.05) is 17.1 Å². The average molecular weight is 492 g/mol.